The average Bonchev–Trinajstić information content (AvgIpc) is 3.22. The van der Waals surface area contributed by atoms with Gasteiger partial charge < -0.3 is 19.6 Å². The number of aromatic nitrogens is 1. The van der Waals surface area contributed by atoms with Crippen LogP contribution in [0.2, 0.25) is 0 Å². The highest BCUT2D eigenvalue weighted by Crippen LogP contribution is 2.51. The summed E-state index contributed by atoms with van der Waals surface area (Å²) in [5.74, 6) is 0.0412. The van der Waals surface area contributed by atoms with E-state index in [-0.39, 0.29) is 24.9 Å². The van der Waals surface area contributed by atoms with Crippen LogP contribution in [0.5, 0.6) is 0 Å². The number of carbonyl (C=O) groups excluding carboxylic acids is 1. The van der Waals surface area contributed by atoms with Crippen molar-refractivity contribution in [1.29, 1.82) is 0 Å². The molecule has 7 nitrogen and oxygen atoms in total. The van der Waals surface area contributed by atoms with E-state index < -0.39 is 16.9 Å². The number of furan rings is 1. The summed E-state index contributed by atoms with van der Waals surface area (Å²) in [4.78, 5) is 28.9. The molecule has 2 aromatic rings. The molecule has 146 valence electrons. The van der Waals surface area contributed by atoms with Gasteiger partial charge in [-0.1, -0.05) is 13.8 Å². The number of hydrogen-bond donors (Lipinski definition) is 2. The fourth-order valence-electron chi connectivity index (χ4n) is 3.53. The van der Waals surface area contributed by atoms with Crippen molar-refractivity contribution in [2.45, 2.75) is 52.2 Å². The number of aliphatic carboxylic acids is 1. The Balaban J connectivity index is 1.69. The van der Waals surface area contributed by atoms with E-state index in [2.05, 4.69) is 10.3 Å². The molecule has 2 heterocycles. The van der Waals surface area contributed by atoms with Crippen LogP contribution >= 0.6 is 11.3 Å². The van der Waals surface area contributed by atoms with E-state index in [0.29, 0.717) is 23.1 Å². The zero-order valence-corrected chi connectivity index (χ0v) is 16.7. The summed E-state index contributed by atoms with van der Waals surface area (Å²) >= 11 is 1.39. The predicted octanol–water partition coefficient (Wildman–Crippen LogP) is 3.03. The number of rotatable bonds is 7. The van der Waals surface area contributed by atoms with Gasteiger partial charge in [-0.05, 0) is 26.0 Å². The number of nitrogens with zero attached hydrogens (tertiary/aromatic N) is 1. The van der Waals surface area contributed by atoms with Gasteiger partial charge in [-0.2, -0.15) is 0 Å². The molecule has 2 atom stereocenters. The Morgan fingerprint density at radius 2 is 2.19 bits per heavy atom. The first-order valence-corrected chi connectivity index (χ1v) is 9.75. The quantitative estimate of drug-likeness (QED) is 0.751. The number of amides is 1. The van der Waals surface area contributed by atoms with Crippen molar-refractivity contribution >= 4 is 23.2 Å². The van der Waals surface area contributed by atoms with Gasteiger partial charge in [0.25, 0.3) is 0 Å². The van der Waals surface area contributed by atoms with Gasteiger partial charge in [0, 0.05) is 23.8 Å². The van der Waals surface area contributed by atoms with E-state index in [1.807, 2.05) is 39.8 Å². The Bertz CT molecular complexity index is 856. The molecule has 3 rings (SSSR count). The highest BCUT2D eigenvalue weighted by Gasteiger charge is 2.66. The molecular formula is C19H24N2O5S. The SMILES string of the molecule is CCOC1CC(NC(=O)Cc2csc(-c3ccc(C)o3)n2)(C(=O)O)C1(C)C. The zero-order chi connectivity index (χ0) is 19.8. The first kappa shape index (κ1) is 19.6. The van der Waals surface area contributed by atoms with Crippen molar-refractivity contribution in [2.75, 3.05) is 6.61 Å². The molecule has 27 heavy (non-hydrogen) atoms. The van der Waals surface area contributed by atoms with E-state index in [1.165, 1.54) is 11.3 Å². The minimum Gasteiger partial charge on any atom is -0.479 e. The number of hydrogen-bond acceptors (Lipinski definition) is 6. The van der Waals surface area contributed by atoms with E-state index in [4.69, 9.17) is 9.15 Å². The molecule has 2 unspecified atom stereocenters. The largest absolute Gasteiger partial charge is 0.479 e. The van der Waals surface area contributed by atoms with Crippen LogP contribution in [0.4, 0.5) is 0 Å². The lowest BCUT2D eigenvalue weighted by atomic mass is 9.54. The lowest BCUT2D eigenvalue weighted by molar-refractivity contribution is -0.194. The lowest BCUT2D eigenvalue weighted by Crippen LogP contribution is -2.76. The number of ether oxygens (including phenoxy) is 1. The summed E-state index contributed by atoms with van der Waals surface area (Å²) < 4.78 is 11.2. The summed E-state index contributed by atoms with van der Waals surface area (Å²) in [6, 6.07) is 3.69. The van der Waals surface area contributed by atoms with Gasteiger partial charge in [-0.25, -0.2) is 9.78 Å². The molecule has 2 N–H and O–H groups in total. The van der Waals surface area contributed by atoms with Crippen molar-refractivity contribution in [3.05, 3.63) is 29.0 Å². The van der Waals surface area contributed by atoms with Gasteiger partial charge in [0.2, 0.25) is 5.91 Å². The Morgan fingerprint density at radius 1 is 1.44 bits per heavy atom. The van der Waals surface area contributed by atoms with Crippen molar-refractivity contribution in [3.8, 4) is 10.8 Å². The van der Waals surface area contributed by atoms with Gasteiger partial charge >= 0.3 is 5.97 Å². The number of aryl methyl sites for hydroxylation is 1. The summed E-state index contributed by atoms with van der Waals surface area (Å²) in [6.45, 7) is 7.85. The van der Waals surface area contributed by atoms with Crippen LogP contribution in [-0.4, -0.2) is 40.2 Å². The number of carbonyl (C=O) groups is 2. The van der Waals surface area contributed by atoms with E-state index in [1.54, 1.807) is 5.38 Å². The van der Waals surface area contributed by atoms with Crippen LogP contribution in [0, 0.1) is 12.3 Å². The predicted molar refractivity (Wildman–Crippen MR) is 101 cm³/mol. The first-order chi connectivity index (χ1) is 12.7. The second-order valence-corrected chi connectivity index (χ2v) is 8.22. The Morgan fingerprint density at radius 3 is 2.74 bits per heavy atom. The monoisotopic (exact) mass is 392 g/mol. The number of carboxylic acids is 1. The fourth-order valence-corrected chi connectivity index (χ4v) is 4.31. The molecule has 2 aromatic heterocycles. The van der Waals surface area contributed by atoms with Crippen LogP contribution < -0.4 is 5.32 Å². The molecule has 0 radical (unpaired) electrons. The Hall–Kier alpha value is -2.19. The minimum atomic E-state index is -1.33. The maximum Gasteiger partial charge on any atom is 0.330 e. The third kappa shape index (κ3) is 3.39. The van der Waals surface area contributed by atoms with Gasteiger partial charge in [0.05, 0.1) is 18.2 Å². The van der Waals surface area contributed by atoms with Crippen molar-refractivity contribution in [3.63, 3.8) is 0 Å². The van der Waals surface area contributed by atoms with Crippen LogP contribution in [0.1, 0.15) is 38.6 Å². The summed E-state index contributed by atoms with van der Waals surface area (Å²) in [5.41, 5.74) is -1.45. The molecular weight excluding hydrogens is 368 g/mol. The van der Waals surface area contributed by atoms with Crippen molar-refractivity contribution in [1.82, 2.24) is 10.3 Å². The van der Waals surface area contributed by atoms with Crippen LogP contribution in [0.3, 0.4) is 0 Å². The highest BCUT2D eigenvalue weighted by molar-refractivity contribution is 7.13. The molecule has 1 fully saturated rings. The molecule has 0 aliphatic heterocycles. The van der Waals surface area contributed by atoms with Crippen molar-refractivity contribution in [2.24, 2.45) is 5.41 Å². The van der Waals surface area contributed by atoms with Crippen LogP contribution in [0.25, 0.3) is 10.8 Å². The minimum absolute atomic E-state index is 0.0145. The lowest BCUT2D eigenvalue weighted by Gasteiger charge is -2.58. The van der Waals surface area contributed by atoms with E-state index in [9.17, 15) is 14.7 Å². The molecule has 0 bridgehead atoms. The zero-order valence-electron chi connectivity index (χ0n) is 15.9. The highest BCUT2D eigenvalue weighted by atomic mass is 32.1. The van der Waals surface area contributed by atoms with E-state index in [0.717, 1.165) is 5.76 Å². The van der Waals surface area contributed by atoms with Gasteiger partial charge in [0.15, 0.2) is 10.8 Å². The maximum atomic E-state index is 12.6. The van der Waals surface area contributed by atoms with Gasteiger partial charge in [-0.15, -0.1) is 11.3 Å². The van der Waals surface area contributed by atoms with E-state index >= 15 is 0 Å². The Labute approximate surface area is 161 Å². The number of carboxylic acid groups (broad SMARTS) is 1. The molecule has 0 spiro atoms. The smallest absolute Gasteiger partial charge is 0.330 e. The van der Waals surface area contributed by atoms with Crippen LogP contribution in [0.15, 0.2) is 21.9 Å². The molecule has 1 saturated carbocycles. The summed E-state index contributed by atoms with van der Waals surface area (Å²) in [7, 11) is 0. The number of nitrogens with one attached hydrogen (secondary N) is 1. The second-order valence-electron chi connectivity index (χ2n) is 7.36. The average molecular weight is 392 g/mol. The molecule has 0 aromatic carbocycles. The molecule has 1 amide bonds. The third-order valence-electron chi connectivity index (χ3n) is 5.33. The fraction of sp³-hybridized carbons (Fsp3) is 0.526. The van der Waals surface area contributed by atoms with Gasteiger partial charge in [0.1, 0.15) is 11.3 Å². The first-order valence-electron chi connectivity index (χ1n) is 8.87. The summed E-state index contributed by atoms with van der Waals surface area (Å²) in [6.07, 6.45) is 0.0655. The molecule has 1 aliphatic carbocycles. The molecule has 1 aliphatic rings. The second kappa shape index (κ2) is 7.09. The molecule has 8 heteroatoms. The van der Waals surface area contributed by atoms with Crippen LogP contribution in [-0.2, 0) is 20.7 Å². The third-order valence-corrected chi connectivity index (χ3v) is 6.23. The summed E-state index contributed by atoms with van der Waals surface area (Å²) in [5, 5.41) is 15.0. The van der Waals surface area contributed by atoms with Crippen molar-refractivity contribution < 1.29 is 23.8 Å². The Kier molecular flexibility index (Phi) is 5.14. The maximum absolute atomic E-state index is 12.6. The standard InChI is InChI=1S/C19H24N2O5S/c1-5-25-14-9-19(17(23)24,18(14,3)4)21-15(22)8-12-10-27-16(20-12)13-7-6-11(2)26-13/h6-7,10,14H,5,8-9H2,1-4H3,(H,21,22)(H,23,24). The van der Waals surface area contributed by atoms with Gasteiger partial charge in [-0.3, -0.25) is 4.79 Å². The number of thiazole rings is 1. The normalized spacial score (nSPS) is 23.6. The topological polar surface area (TPSA) is 102 Å². The molecule has 0 saturated heterocycles.